The summed E-state index contributed by atoms with van der Waals surface area (Å²) < 4.78 is 24.0. The molecule has 0 bridgehead atoms. The number of amides is 2. The lowest BCUT2D eigenvalue weighted by Crippen LogP contribution is -2.46. The van der Waals surface area contributed by atoms with E-state index < -0.39 is 27.0 Å². The molecule has 1 aromatic rings. The Morgan fingerprint density at radius 2 is 1.80 bits per heavy atom. The zero-order valence-electron chi connectivity index (χ0n) is 15.1. The zero-order valence-corrected chi connectivity index (χ0v) is 15.9. The highest BCUT2D eigenvalue weighted by molar-refractivity contribution is 7.91. The van der Waals surface area contributed by atoms with Crippen molar-refractivity contribution < 1.29 is 18.0 Å². The first kappa shape index (κ1) is 21.1. The molecular formula is C17H27N3O4S. The van der Waals surface area contributed by atoms with Crippen molar-refractivity contribution in [3.8, 4) is 0 Å². The van der Waals surface area contributed by atoms with Gasteiger partial charge in [0.2, 0.25) is 11.8 Å². The second kappa shape index (κ2) is 8.96. The van der Waals surface area contributed by atoms with Crippen LogP contribution in [0, 0.1) is 5.92 Å². The molecule has 25 heavy (non-hydrogen) atoms. The molecule has 0 heterocycles. The number of hydrogen-bond acceptors (Lipinski definition) is 5. The Hall–Kier alpha value is -1.93. The van der Waals surface area contributed by atoms with Gasteiger partial charge in [0.1, 0.15) is 0 Å². The van der Waals surface area contributed by atoms with Gasteiger partial charge in [-0.25, -0.2) is 8.42 Å². The van der Waals surface area contributed by atoms with Crippen LogP contribution >= 0.6 is 0 Å². The Morgan fingerprint density at radius 1 is 1.16 bits per heavy atom. The van der Waals surface area contributed by atoms with Crippen LogP contribution in [0.3, 0.4) is 0 Å². The van der Waals surface area contributed by atoms with Crippen molar-refractivity contribution >= 4 is 27.3 Å². The fourth-order valence-corrected chi connectivity index (χ4v) is 2.91. The van der Waals surface area contributed by atoms with E-state index in [1.54, 1.807) is 38.1 Å². The Balaban J connectivity index is 2.64. The van der Waals surface area contributed by atoms with Crippen molar-refractivity contribution in [2.45, 2.75) is 44.7 Å². The lowest BCUT2D eigenvalue weighted by atomic mass is 10.1. The topological polar surface area (TPSA) is 118 Å². The van der Waals surface area contributed by atoms with Crippen LogP contribution in [0.25, 0.3) is 0 Å². The normalized spacial score (nSPS) is 12.9. The van der Waals surface area contributed by atoms with Gasteiger partial charge in [-0.05, 0) is 37.5 Å². The van der Waals surface area contributed by atoms with Crippen molar-refractivity contribution in [1.29, 1.82) is 0 Å². The molecule has 7 nitrogen and oxygen atoms in total. The maximum absolute atomic E-state index is 12.0. The number of benzene rings is 1. The van der Waals surface area contributed by atoms with E-state index in [9.17, 15) is 18.0 Å². The van der Waals surface area contributed by atoms with Gasteiger partial charge in [0, 0.05) is 5.69 Å². The molecule has 8 heteroatoms. The van der Waals surface area contributed by atoms with Gasteiger partial charge >= 0.3 is 0 Å². The van der Waals surface area contributed by atoms with E-state index in [-0.39, 0.29) is 24.1 Å². The SMILES string of the molecule is CC(C)[C@H](N)C(=O)NCC(=O)Nc1cccc(CS(=O)(=O)C(C)C)c1. The third-order valence-electron chi connectivity index (χ3n) is 3.74. The summed E-state index contributed by atoms with van der Waals surface area (Å²) in [6, 6.07) is 5.97. The van der Waals surface area contributed by atoms with Crippen LogP contribution in [0.5, 0.6) is 0 Å². The number of nitrogens with one attached hydrogen (secondary N) is 2. The van der Waals surface area contributed by atoms with E-state index in [0.717, 1.165) is 0 Å². The van der Waals surface area contributed by atoms with E-state index in [4.69, 9.17) is 5.73 Å². The average Bonchev–Trinajstić information content (AvgIpc) is 2.51. The highest BCUT2D eigenvalue weighted by Crippen LogP contribution is 2.15. The predicted octanol–water partition coefficient (Wildman–Crippen LogP) is 1.05. The molecule has 1 rings (SSSR count). The minimum absolute atomic E-state index is 0.0253. The zero-order chi connectivity index (χ0) is 19.2. The number of carbonyl (C=O) groups is 2. The first-order valence-corrected chi connectivity index (χ1v) is 9.88. The first-order chi connectivity index (χ1) is 11.5. The number of hydrogen-bond donors (Lipinski definition) is 3. The van der Waals surface area contributed by atoms with E-state index in [1.165, 1.54) is 0 Å². The quantitative estimate of drug-likeness (QED) is 0.633. The van der Waals surface area contributed by atoms with Crippen molar-refractivity contribution in [3.63, 3.8) is 0 Å². The molecule has 0 saturated carbocycles. The smallest absolute Gasteiger partial charge is 0.243 e. The van der Waals surface area contributed by atoms with E-state index >= 15 is 0 Å². The molecule has 2 amide bonds. The molecule has 0 aliphatic heterocycles. The lowest BCUT2D eigenvalue weighted by molar-refractivity contribution is -0.125. The minimum atomic E-state index is -3.22. The highest BCUT2D eigenvalue weighted by atomic mass is 32.2. The Kier molecular flexibility index (Phi) is 7.57. The maximum Gasteiger partial charge on any atom is 0.243 e. The van der Waals surface area contributed by atoms with Crippen LogP contribution in [0.2, 0.25) is 0 Å². The van der Waals surface area contributed by atoms with E-state index in [0.29, 0.717) is 11.3 Å². The summed E-state index contributed by atoms with van der Waals surface area (Å²) in [6.45, 7) is 6.70. The standard InChI is InChI=1S/C17H27N3O4S/c1-11(2)16(18)17(22)19-9-15(21)20-14-7-5-6-13(8-14)10-25(23,24)12(3)4/h5-8,11-12,16H,9-10,18H2,1-4H3,(H,19,22)(H,20,21)/t16-/m0/s1. The number of sulfone groups is 1. The van der Waals surface area contributed by atoms with Crippen LogP contribution < -0.4 is 16.4 Å². The highest BCUT2D eigenvalue weighted by Gasteiger charge is 2.18. The number of carbonyl (C=O) groups excluding carboxylic acids is 2. The fourth-order valence-electron chi connectivity index (χ4n) is 1.93. The van der Waals surface area contributed by atoms with Gasteiger partial charge in [0.15, 0.2) is 9.84 Å². The summed E-state index contributed by atoms with van der Waals surface area (Å²) in [5.41, 5.74) is 6.77. The second-order valence-corrected chi connectivity index (χ2v) is 9.15. The Labute approximate surface area is 149 Å². The lowest BCUT2D eigenvalue weighted by Gasteiger charge is -2.15. The van der Waals surface area contributed by atoms with Crippen LogP contribution in [0.15, 0.2) is 24.3 Å². The summed E-state index contributed by atoms with van der Waals surface area (Å²) in [5, 5.41) is 4.64. The third kappa shape index (κ3) is 6.83. The summed E-state index contributed by atoms with van der Waals surface area (Å²) in [7, 11) is -3.22. The van der Waals surface area contributed by atoms with Crippen molar-refractivity contribution in [2.75, 3.05) is 11.9 Å². The van der Waals surface area contributed by atoms with Crippen LogP contribution in [0.4, 0.5) is 5.69 Å². The number of rotatable bonds is 8. The maximum atomic E-state index is 12.0. The summed E-state index contributed by atoms with van der Waals surface area (Å²) in [4.78, 5) is 23.7. The fraction of sp³-hybridized carbons (Fsp3) is 0.529. The molecule has 0 unspecified atom stereocenters. The minimum Gasteiger partial charge on any atom is -0.346 e. The molecule has 0 aromatic heterocycles. The van der Waals surface area contributed by atoms with E-state index in [1.807, 2.05) is 13.8 Å². The molecule has 4 N–H and O–H groups in total. The molecule has 0 saturated heterocycles. The first-order valence-electron chi connectivity index (χ1n) is 8.16. The predicted molar refractivity (Wildman–Crippen MR) is 98.7 cm³/mol. The van der Waals surface area contributed by atoms with Gasteiger partial charge in [-0.1, -0.05) is 26.0 Å². The molecule has 0 aliphatic rings. The molecule has 0 radical (unpaired) electrons. The van der Waals surface area contributed by atoms with Crippen molar-refractivity contribution in [1.82, 2.24) is 5.32 Å². The Morgan fingerprint density at radius 3 is 2.36 bits per heavy atom. The molecule has 140 valence electrons. The monoisotopic (exact) mass is 369 g/mol. The molecule has 1 atom stereocenters. The average molecular weight is 369 g/mol. The second-order valence-electron chi connectivity index (χ2n) is 6.59. The summed E-state index contributed by atoms with van der Waals surface area (Å²) in [6.07, 6.45) is 0. The van der Waals surface area contributed by atoms with Crippen LogP contribution in [0.1, 0.15) is 33.3 Å². The number of anilines is 1. The van der Waals surface area contributed by atoms with Gasteiger partial charge in [-0.2, -0.15) is 0 Å². The molecule has 0 spiro atoms. The van der Waals surface area contributed by atoms with Crippen molar-refractivity contribution in [3.05, 3.63) is 29.8 Å². The van der Waals surface area contributed by atoms with Gasteiger partial charge in [0.05, 0.1) is 23.6 Å². The van der Waals surface area contributed by atoms with Crippen LogP contribution in [-0.2, 0) is 25.2 Å². The summed E-state index contributed by atoms with van der Waals surface area (Å²) in [5.74, 6) is -0.910. The van der Waals surface area contributed by atoms with Crippen molar-refractivity contribution in [2.24, 2.45) is 11.7 Å². The van der Waals surface area contributed by atoms with Gasteiger partial charge in [0.25, 0.3) is 0 Å². The molecule has 0 aliphatic carbocycles. The van der Waals surface area contributed by atoms with Crippen LogP contribution in [-0.4, -0.2) is 38.1 Å². The van der Waals surface area contributed by atoms with Gasteiger partial charge < -0.3 is 16.4 Å². The third-order valence-corrected chi connectivity index (χ3v) is 5.91. The van der Waals surface area contributed by atoms with E-state index in [2.05, 4.69) is 10.6 Å². The van der Waals surface area contributed by atoms with Gasteiger partial charge in [-0.3, -0.25) is 9.59 Å². The molecule has 0 fully saturated rings. The van der Waals surface area contributed by atoms with Gasteiger partial charge in [-0.15, -0.1) is 0 Å². The Bertz CT molecular complexity index is 714. The number of nitrogens with two attached hydrogens (primary N) is 1. The summed E-state index contributed by atoms with van der Waals surface area (Å²) >= 11 is 0. The largest absolute Gasteiger partial charge is 0.346 e. The molecular weight excluding hydrogens is 342 g/mol. The molecule has 1 aromatic carbocycles.